The Hall–Kier alpha value is -1.24. The van der Waals surface area contributed by atoms with E-state index in [1.165, 1.54) is 0 Å². The summed E-state index contributed by atoms with van der Waals surface area (Å²) in [5.74, 6) is 1.70. The Morgan fingerprint density at radius 2 is 1.93 bits per heavy atom. The fraction of sp³-hybridized carbons (Fsp3) is 0.273. The Labute approximate surface area is 88.8 Å². The van der Waals surface area contributed by atoms with Crippen molar-refractivity contribution in [1.82, 2.24) is 0 Å². The second kappa shape index (κ2) is 4.85. The zero-order chi connectivity index (χ0) is 10.6. The predicted octanol–water partition coefficient (Wildman–Crippen LogP) is 2.81. The molecule has 0 aliphatic rings. The largest absolute Gasteiger partial charge is 0.321 e. The summed E-state index contributed by atoms with van der Waals surface area (Å²) in [6.07, 6.45) is 0. The maximum Gasteiger partial charge on any atom is 0.195 e. The molecule has 0 N–H and O–H groups in total. The van der Waals surface area contributed by atoms with Crippen molar-refractivity contribution in [1.29, 1.82) is 0 Å². The lowest BCUT2D eigenvalue weighted by molar-refractivity contribution is 0.566. The molecular weight excluding hydrogens is 198 g/mol. The zero-order valence-corrected chi connectivity index (χ0v) is 8.95. The molecule has 0 radical (unpaired) electrons. The highest BCUT2D eigenvalue weighted by Gasteiger charge is 2.13. The van der Waals surface area contributed by atoms with Gasteiger partial charge in [-0.1, -0.05) is 29.8 Å². The maximum absolute atomic E-state index is 10.5. The van der Waals surface area contributed by atoms with Crippen molar-refractivity contribution < 1.29 is 4.79 Å². The van der Waals surface area contributed by atoms with Gasteiger partial charge in [0.1, 0.15) is 0 Å². The number of halogens is 1. The van der Waals surface area contributed by atoms with Crippen molar-refractivity contribution in [2.24, 2.45) is 0 Å². The molecule has 3 heteroatoms. The minimum Gasteiger partial charge on any atom is -0.321 e. The van der Waals surface area contributed by atoms with E-state index >= 15 is 0 Å². The monoisotopic (exact) mass is 209 g/mol. The lowest BCUT2D eigenvalue weighted by atomic mass is 10.2. The molecule has 0 bridgehead atoms. The van der Waals surface area contributed by atoms with E-state index in [4.69, 9.17) is 11.6 Å². The summed E-state index contributed by atoms with van der Waals surface area (Å²) in [5.41, 5.74) is 0.899. The average molecular weight is 210 g/mol. The van der Waals surface area contributed by atoms with Crippen molar-refractivity contribution in [3.8, 4) is 0 Å². The fourth-order valence-corrected chi connectivity index (χ4v) is 1.57. The summed E-state index contributed by atoms with van der Waals surface area (Å²) in [4.78, 5) is 12.2. The standard InChI is InChI=1S/C11H12ClNO/c1-9(2)13(11(12)8-14)10-6-4-3-5-7-10/h3-7,9H,1-2H3. The van der Waals surface area contributed by atoms with Crippen molar-refractivity contribution in [3.05, 3.63) is 35.5 Å². The molecule has 0 fully saturated rings. The molecule has 0 aromatic heterocycles. The van der Waals surface area contributed by atoms with Crippen molar-refractivity contribution in [2.45, 2.75) is 19.9 Å². The van der Waals surface area contributed by atoms with Crippen LogP contribution in [-0.2, 0) is 4.79 Å². The molecule has 1 aromatic carbocycles. The highest BCUT2D eigenvalue weighted by atomic mass is 35.5. The normalized spacial score (nSPS) is 9.71. The second-order valence-electron chi connectivity index (χ2n) is 3.19. The number of para-hydroxylation sites is 1. The van der Waals surface area contributed by atoms with Crippen LogP contribution in [0.2, 0.25) is 0 Å². The van der Waals surface area contributed by atoms with E-state index in [0.29, 0.717) is 0 Å². The molecular formula is C11H12ClNO. The van der Waals surface area contributed by atoms with Crippen LogP contribution in [0.5, 0.6) is 0 Å². The van der Waals surface area contributed by atoms with E-state index in [9.17, 15) is 4.79 Å². The van der Waals surface area contributed by atoms with Crippen LogP contribution in [0.4, 0.5) is 5.69 Å². The molecule has 0 saturated heterocycles. The van der Waals surface area contributed by atoms with Crippen LogP contribution >= 0.6 is 11.6 Å². The first-order valence-corrected chi connectivity index (χ1v) is 4.79. The van der Waals surface area contributed by atoms with Gasteiger partial charge >= 0.3 is 0 Å². The highest BCUT2D eigenvalue weighted by Crippen LogP contribution is 2.22. The first-order chi connectivity index (χ1) is 6.66. The van der Waals surface area contributed by atoms with Gasteiger partial charge in [-0.2, -0.15) is 0 Å². The van der Waals surface area contributed by atoms with Crippen LogP contribution in [-0.4, -0.2) is 12.0 Å². The van der Waals surface area contributed by atoms with E-state index in [1.807, 2.05) is 44.2 Å². The zero-order valence-electron chi connectivity index (χ0n) is 8.20. The number of nitrogens with zero attached hydrogens (tertiary/aromatic N) is 1. The fourth-order valence-electron chi connectivity index (χ4n) is 1.28. The minimum atomic E-state index is 0.0891. The van der Waals surface area contributed by atoms with Crippen molar-refractivity contribution in [2.75, 3.05) is 4.90 Å². The molecule has 0 atom stereocenters. The molecule has 0 amide bonds. The van der Waals surface area contributed by atoms with Gasteiger partial charge in [0.25, 0.3) is 0 Å². The third kappa shape index (κ3) is 2.38. The summed E-state index contributed by atoms with van der Waals surface area (Å²) in [5, 5.41) is 0.0891. The van der Waals surface area contributed by atoms with Gasteiger partial charge in [0.15, 0.2) is 11.1 Å². The first-order valence-electron chi connectivity index (χ1n) is 4.41. The molecule has 0 spiro atoms. The van der Waals surface area contributed by atoms with Crippen LogP contribution in [0.15, 0.2) is 35.5 Å². The first kappa shape index (κ1) is 10.8. The molecule has 0 saturated carbocycles. The molecule has 0 heterocycles. The Bertz CT molecular complexity index is 342. The van der Waals surface area contributed by atoms with Crippen molar-refractivity contribution in [3.63, 3.8) is 0 Å². The van der Waals surface area contributed by atoms with Crippen molar-refractivity contribution >= 4 is 23.2 Å². The topological polar surface area (TPSA) is 20.3 Å². The van der Waals surface area contributed by atoms with E-state index in [2.05, 4.69) is 0 Å². The lowest BCUT2D eigenvalue weighted by Gasteiger charge is -2.25. The van der Waals surface area contributed by atoms with Gasteiger partial charge in [-0.3, -0.25) is 0 Å². The summed E-state index contributed by atoms with van der Waals surface area (Å²) in [6.45, 7) is 3.93. The molecule has 14 heavy (non-hydrogen) atoms. The van der Waals surface area contributed by atoms with Crippen LogP contribution in [0.3, 0.4) is 0 Å². The van der Waals surface area contributed by atoms with Gasteiger partial charge in [0.05, 0.1) is 0 Å². The van der Waals surface area contributed by atoms with Gasteiger partial charge in [-0.15, -0.1) is 0 Å². The summed E-state index contributed by atoms with van der Waals surface area (Å²) >= 11 is 5.78. The number of hydrogen-bond donors (Lipinski definition) is 0. The molecule has 1 aromatic rings. The van der Waals surface area contributed by atoms with Gasteiger partial charge in [0, 0.05) is 11.7 Å². The Morgan fingerprint density at radius 3 is 2.36 bits per heavy atom. The van der Waals surface area contributed by atoms with E-state index in [-0.39, 0.29) is 11.2 Å². The number of hydrogen-bond acceptors (Lipinski definition) is 2. The Balaban J connectivity index is 3.07. The minimum absolute atomic E-state index is 0.0891. The molecule has 2 nitrogen and oxygen atoms in total. The number of anilines is 1. The number of carbonyl (C=O) groups excluding carboxylic acids is 1. The van der Waals surface area contributed by atoms with Crippen LogP contribution < -0.4 is 4.90 Å². The van der Waals surface area contributed by atoms with Crippen LogP contribution in [0, 0.1) is 0 Å². The Morgan fingerprint density at radius 1 is 1.36 bits per heavy atom. The van der Waals surface area contributed by atoms with E-state index < -0.39 is 0 Å². The van der Waals surface area contributed by atoms with E-state index in [0.717, 1.165) is 5.69 Å². The third-order valence-electron chi connectivity index (χ3n) is 1.85. The summed E-state index contributed by atoms with van der Waals surface area (Å²) < 4.78 is 0. The SMILES string of the molecule is CC(C)N(C(Cl)=C=O)c1ccccc1. The molecule has 1 rings (SSSR count). The smallest absolute Gasteiger partial charge is 0.195 e. The molecule has 74 valence electrons. The molecule has 0 aliphatic heterocycles. The Kier molecular flexibility index (Phi) is 3.75. The second-order valence-corrected chi connectivity index (χ2v) is 3.55. The van der Waals surface area contributed by atoms with Gasteiger partial charge < -0.3 is 4.90 Å². The number of rotatable bonds is 3. The quantitative estimate of drug-likeness (QED) is 0.564. The highest BCUT2D eigenvalue weighted by molar-refractivity contribution is 6.34. The summed E-state index contributed by atoms with van der Waals surface area (Å²) in [7, 11) is 0. The lowest BCUT2D eigenvalue weighted by Crippen LogP contribution is -2.28. The summed E-state index contributed by atoms with van der Waals surface area (Å²) in [6, 6.07) is 9.66. The predicted molar refractivity (Wildman–Crippen MR) is 59.1 cm³/mol. The molecule has 0 unspecified atom stereocenters. The average Bonchev–Trinajstić information content (AvgIpc) is 2.19. The van der Waals surface area contributed by atoms with Gasteiger partial charge in [0.2, 0.25) is 0 Å². The third-order valence-corrected chi connectivity index (χ3v) is 2.11. The maximum atomic E-state index is 10.5. The van der Waals surface area contributed by atoms with Gasteiger partial charge in [-0.25, -0.2) is 4.79 Å². The molecule has 0 aliphatic carbocycles. The number of benzene rings is 1. The van der Waals surface area contributed by atoms with Gasteiger partial charge in [-0.05, 0) is 26.0 Å². The van der Waals surface area contributed by atoms with Crippen LogP contribution in [0.1, 0.15) is 13.8 Å². The van der Waals surface area contributed by atoms with E-state index in [1.54, 1.807) is 10.8 Å². The van der Waals surface area contributed by atoms with Crippen LogP contribution in [0.25, 0.3) is 0 Å².